The van der Waals surface area contributed by atoms with Crippen LogP contribution in [0.2, 0.25) is 0 Å². The van der Waals surface area contributed by atoms with Crippen LogP contribution < -0.4 is 7.16 Å². The fourth-order valence-electron chi connectivity index (χ4n) is 2.37. The van der Waals surface area contributed by atoms with Crippen LogP contribution in [-0.2, 0) is 15.7 Å². The predicted molar refractivity (Wildman–Crippen MR) is 90.9 cm³/mol. The quantitative estimate of drug-likeness (QED) is 0.712. The number of carbonyl (C=O) groups excluding carboxylic acids is 2. The molecular formula is C18H20O4Sn. The van der Waals surface area contributed by atoms with Gasteiger partial charge in [0.25, 0.3) is 0 Å². The number of aryl methyl sites for hydroxylation is 2. The zero-order valence-corrected chi connectivity index (χ0v) is 16.6. The molecule has 0 N–H and O–H groups in total. The fourth-order valence-corrected chi connectivity index (χ4v) is 10.6. The maximum atomic E-state index is 11.8. The van der Waals surface area contributed by atoms with E-state index < -0.39 is 31.1 Å². The second kappa shape index (κ2) is 7.17. The molecule has 0 bridgehead atoms. The van der Waals surface area contributed by atoms with Gasteiger partial charge < -0.3 is 0 Å². The molecule has 5 heteroatoms. The number of hydrogen-bond donors (Lipinski definition) is 0. The van der Waals surface area contributed by atoms with Crippen molar-refractivity contribution >= 4 is 38.3 Å². The summed E-state index contributed by atoms with van der Waals surface area (Å²) < 4.78 is 13.0. The Morgan fingerprint density at radius 2 is 1.00 bits per heavy atom. The first-order valence-electron chi connectivity index (χ1n) is 7.37. The predicted octanol–water partition coefficient (Wildman–Crippen LogP) is 1.99. The summed E-state index contributed by atoms with van der Waals surface area (Å²) in [6, 6.07) is 15.3. The zero-order valence-electron chi connectivity index (χ0n) is 13.8. The van der Waals surface area contributed by atoms with Crippen LogP contribution >= 0.6 is 0 Å². The van der Waals surface area contributed by atoms with Crippen molar-refractivity contribution in [3.63, 3.8) is 0 Å². The topological polar surface area (TPSA) is 52.6 Å². The SMILES string of the molecule is CC(=O)[O][Sn]([O]C(C)=O)([c]1ccc(C)cc1)[c]1ccc(C)cc1. The molecule has 0 aliphatic carbocycles. The molecule has 0 aliphatic rings. The first-order chi connectivity index (χ1) is 10.8. The second-order valence-corrected chi connectivity index (χ2v) is 13.5. The van der Waals surface area contributed by atoms with Crippen LogP contribution in [0, 0.1) is 13.8 Å². The van der Waals surface area contributed by atoms with Crippen molar-refractivity contribution in [2.45, 2.75) is 27.7 Å². The number of carbonyl (C=O) groups is 2. The van der Waals surface area contributed by atoms with E-state index in [1.807, 2.05) is 62.4 Å². The van der Waals surface area contributed by atoms with Gasteiger partial charge in [0.05, 0.1) is 0 Å². The molecule has 0 fully saturated rings. The van der Waals surface area contributed by atoms with Crippen LogP contribution in [0.3, 0.4) is 0 Å². The molecule has 0 spiro atoms. The van der Waals surface area contributed by atoms with Crippen molar-refractivity contribution in [3.8, 4) is 0 Å². The van der Waals surface area contributed by atoms with Crippen LogP contribution in [0.25, 0.3) is 0 Å². The van der Waals surface area contributed by atoms with Crippen molar-refractivity contribution in [1.29, 1.82) is 0 Å². The van der Waals surface area contributed by atoms with E-state index in [1.165, 1.54) is 13.8 Å². The minimum absolute atomic E-state index is 0.441. The van der Waals surface area contributed by atoms with E-state index >= 15 is 0 Å². The van der Waals surface area contributed by atoms with Crippen LogP contribution in [0.15, 0.2) is 48.5 Å². The summed E-state index contributed by atoms with van der Waals surface area (Å²) in [4.78, 5) is 23.5. The summed E-state index contributed by atoms with van der Waals surface area (Å²) in [5.74, 6) is -0.883. The molecule has 120 valence electrons. The zero-order chi connectivity index (χ0) is 17.0. The summed E-state index contributed by atoms with van der Waals surface area (Å²) in [6.45, 7) is 6.64. The van der Waals surface area contributed by atoms with E-state index in [0.717, 1.165) is 18.3 Å². The normalized spacial score (nSPS) is 11.0. The van der Waals surface area contributed by atoms with E-state index in [1.54, 1.807) is 0 Å². The van der Waals surface area contributed by atoms with Crippen LogP contribution in [-0.4, -0.2) is 31.1 Å². The maximum absolute atomic E-state index is 11.8. The molecule has 0 aliphatic heterocycles. The summed E-state index contributed by atoms with van der Waals surface area (Å²) in [5, 5.41) is 0. The molecule has 4 nitrogen and oxygen atoms in total. The summed E-state index contributed by atoms with van der Waals surface area (Å²) in [7, 11) is 0. The number of benzene rings is 2. The van der Waals surface area contributed by atoms with Crippen molar-refractivity contribution in [2.75, 3.05) is 0 Å². The molecule has 0 saturated heterocycles. The standard InChI is InChI=1S/2C7H7.2C2H4O2.Sn/c2*1-7-5-3-2-4-6-7;2*1-2(3)4;/h2*3-6H,1H3;2*1H3,(H,3,4);/q;;;;+2/p-2. The van der Waals surface area contributed by atoms with Gasteiger partial charge >= 0.3 is 141 Å². The molecule has 0 radical (unpaired) electrons. The molecule has 0 aromatic heterocycles. The van der Waals surface area contributed by atoms with Crippen molar-refractivity contribution in [2.24, 2.45) is 0 Å². The van der Waals surface area contributed by atoms with E-state index in [4.69, 9.17) is 6.15 Å². The third-order valence-electron chi connectivity index (χ3n) is 3.44. The van der Waals surface area contributed by atoms with E-state index in [0.29, 0.717) is 0 Å². The first-order valence-corrected chi connectivity index (χ1v) is 12.6. The van der Waals surface area contributed by atoms with Gasteiger partial charge in [-0.1, -0.05) is 0 Å². The van der Waals surface area contributed by atoms with Crippen molar-refractivity contribution < 1.29 is 15.7 Å². The summed E-state index contributed by atoms with van der Waals surface area (Å²) in [5.41, 5.74) is 2.17. The van der Waals surface area contributed by atoms with E-state index in [9.17, 15) is 9.59 Å². The Labute approximate surface area is 141 Å². The molecule has 0 amide bonds. The second-order valence-electron chi connectivity index (χ2n) is 5.54. The van der Waals surface area contributed by atoms with E-state index in [2.05, 4.69) is 0 Å². The van der Waals surface area contributed by atoms with Gasteiger partial charge in [-0.2, -0.15) is 0 Å². The Kier molecular flexibility index (Phi) is 5.46. The van der Waals surface area contributed by atoms with Gasteiger partial charge in [-0.05, 0) is 0 Å². The summed E-state index contributed by atoms with van der Waals surface area (Å²) in [6.07, 6.45) is 0. The third-order valence-corrected chi connectivity index (χ3v) is 13.0. The van der Waals surface area contributed by atoms with Gasteiger partial charge in [0.1, 0.15) is 0 Å². The molecular weight excluding hydrogens is 399 g/mol. The Balaban J connectivity index is 2.67. The molecule has 2 aromatic carbocycles. The number of rotatable bonds is 4. The Morgan fingerprint density at radius 1 is 0.696 bits per heavy atom. The fraction of sp³-hybridized carbons (Fsp3) is 0.222. The van der Waals surface area contributed by atoms with Gasteiger partial charge in [0.15, 0.2) is 0 Å². The van der Waals surface area contributed by atoms with Gasteiger partial charge in [-0.3, -0.25) is 0 Å². The number of hydrogen-bond acceptors (Lipinski definition) is 4. The molecule has 23 heavy (non-hydrogen) atoms. The van der Waals surface area contributed by atoms with Crippen LogP contribution in [0.4, 0.5) is 0 Å². The van der Waals surface area contributed by atoms with Crippen molar-refractivity contribution in [1.82, 2.24) is 0 Å². The average molecular weight is 419 g/mol. The Bertz CT molecular complexity index is 641. The molecule has 2 aromatic rings. The minimum atomic E-state index is -4.36. The molecule has 0 heterocycles. The Morgan fingerprint density at radius 3 is 1.26 bits per heavy atom. The van der Waals surface area contributed by atoms with Gasteiger partial charge in [-0.15, -0.1) is 0 Å². The van der Waals surface area contributed by atoms with E-state index in [-0.39, 0.29) is 0 Å². The third kappa shape index (κ3) is 4.13. The van der Waals surface area contributed by atoms with Gasteiger partial charge in [0, 0.05) is 0 Å². The molecule has 0 atom stereocenters. The molecule has 0 saturated carbocycles. The van der Waals surface area contributed by atoms with Gasteiger partial charge in [-0.25, -0.2) is 0 Å². The first kappa shape index (κ1) is 17.5. The van der Waals surface area contributed by atoms with Gasteiger partial charge in [0.2, 0.25) is 0 Å². The molecule has 2 rings (SSSR count). The van der Waals surface area contributed by atoms with Crippen molar-refractivity contribution in [3.05, 3.63) is 59.7 Å². The van der Waals surface area contributed by atoms with Crippen LogP contribution in [0.5, 0.6) is 0 Å². The average Bonchev–Trinajstić information content (AvgIpc) is 2.46. The summed E-state index contributed by atoms with van der Waals surface area (Å²) >= 11 is -4.36. The Hall–Kier alpha value is -1.82. The monoisotopic (exact) mass is 420 g/mol. The van der Waals surface area contributed by atoms with Crippen LogP contribution in [0.1, 0.15) is 25.0 Å². The molecule has 0 unspecified atom stereocenters.